The summed E-state index contributed by atoms with van der Waals surface area (Å²) in [5.74, 6) is -4.05. The number of hydrogen-bond acceptors (Lipinski definition) is 3. The van der Waals surface area contributed by atoms with Crippen molar-refractivity contribution in [2.75, 3.05) is 0 Å². The van der Waals surface area contributed by atoms with Gasteiger partial charge in [0, 0.05) is 30.4 Å². The number of imidazole rings is 1. The molecule has 0 radical (unpaired) electrons. The summed E-state index contributed by atoms with van der Waals surface area (Å²) in [6, 6.07) is 5.58. The molecule has 1 amide bonds. The summed E-state index contributed by atoms with van der Waals surface area (Å²) in [6.07, 6.45) is 4.90. The van der Waals surface area contributed by atoms with Crippen LogP contribution in [0.4, 0.5) is 13.2 Å². The van der Waals surface area contributed by atoms with E-state index < -0.39 is 17.5 Å². The Balaban J connectivity index is 1.46. The van der Waals surface area contributed by atoms with Crippen LogP contribution >= 0.6 is 0 Å². The molecule has 5 heterocycles. The molecule has 180 valence electrons. The number of carbonyl (C=O) groups is 1. The Morgan fingerprint density at radius 3 is 2.57 bits per heavy atom. The molecule has 6 nitrogen and oxygen atoms in total. The van der Waals surface area contributed by atoms with E-state index in [4.69, 9.17) is 5.10 Å². The number of aryl methyl sites for hydroxylation is 3. The van der Waals surface area contributed by atoms with Gasteiger partial charge in [-0.05, 0) is 69.4 Å². The molecule has 2 bridgehead atoms. The molecule has 1 aromatic carbocycles. The zero-order valence-electron chi connectivity index (χ0n) is 19.6. The highest BCUT2D eigenvalue weighted by Gasteiger charge is 2.44. The van der Waals surface area contributed by atoms with E-state index in [2.05, 4.69) is 4.98 Å². The van der Waals surface area contributed by atoms with Crippen LogP contribution < -0.4 is 0 Å². The Morgan fingerprint density at radius 1 is 1.09 bits per heavy atom. The second kappa shape index (κ2) is 7.69. The van der Waals surface area contributed by atoms with Gasteiger partial charge >= 0.3 is 0 Å². The first-order valence-electron chi connectivity index (χ1n) is 11.7. The fourth-order valence-electron chi connectivity index (χ4n) is 5.85. The minimum atomic E-state index is -1.49. The third-order valence-corrected chi connectivity index (χ3v) is 7.33. The molecule has 2 aliphatic rings. The van der Waals surface area contributed by atoms with Gasteiger partial charge in [0.2, 0.25) is 0 Å². The molecule has 1 saturated heterocycles. The lowest BCUT2D eigenvalue weighted by atomic mass is 9.81. The molecule has 9 heteroatoms. The summed E-state index contributed by atoms with van der Waals surface area (Å²) in [7, 11) is 1.71. The van der Waals surface area contributed by atoms with Crippen molar-refractivity contribution in [2.24, 2.45) is 7.05 Å². The van der Waals surface area contributed by atoms with Crippen molar-refractivity contribution >= 4 is 11.6 Å². The zero-order valence-corrected chi connectivity index (χ0v) is 19.6. The number of carbonyl (C=O) groups excluding carboxylic acids is 1. The van der Waals surface area contributed by atoms with E-state index in [9.17, 15) is 18.0 Å². The molecule has 0 N–H and O–H groups in total. The molecule has 1 fully saturated rings. The highest BCUT2D eigenvalue weighted by molar-refractivity contribution is 5.95. The largest absolute Gasteiger partial charge is 0.325 e. The van der Waals surface area contributed by atoms with Gasteiger partial charge < -0.3 is 4.90 Å². The van der Waals surface area contributed by atoms with Crippen LogP contribution in [0.1, 0.15) is 58.3 Å². The molecular weight excluding hydrogens is 455 g/mol. The first kappa shape index (κ1) is 21.9. The van der Waals surface area contributed by atoms with E-state index in [1.807, 2.05) is 41.5 Å². The Kier molecular flexibility index (Phi) is 4.81. The van der Waals surface area contributed by atoms with Crippen molar-refractivity contribution in [2.45, 2.75) is 51.6 Å². The Bertz CT molecular complexity index is 1500. The lowest BCUT2D eigenvalue weighted by Gasteiger charge is -2.45. The molecule has 2 aliphatic heterocycles. The van der Waals surface area contributed by atoms with Gasteiger partial charge in [-0.2, -0.15) is 5.10 Å². The third-order valence-electron chi connectivity index (χ3n) is 7.33. The van der Waals surface area contributed by atoms with Crippen molar-refractivity contribution in [1.82, 2.24) is 24.1 Å². The monoisotopic (exact) mass is 479 g/mol. The lowest BCUT2D eigenvalue weighted by molar-refractivity contribution is 0.0384. The minimum absolute atomic E-state index is 0.0813. The number of halogens is 3. The van der Waals surface area contributed by atoms with Crippen LogP contribution in [0, 0.1) is 31.3 Å². The molecule has 2 unspecified atom stereocenters. The SMILES string of the molecule is Cc1ccn2c(C(=O)N3C4CCCC3c3nn(C)c(-c5cc(F)c(F)c(F)c5)c3C4)c(C)nc2c1. The van der Waals surface area contributed by atoms with Gasteiger partial charge in [-0.3, -0.25) is 13.9 Å². The average molecular weight is 480 g/mol. The predicted molar refractivity (Wildman–Crippen MR) is 123 cm³/mol. The van der Waals surface area contributed by atoms with Gasteiger partial charge in [0.05, 0.1) is 23.1 Å². The second-order valence-corrected chi connectivity index (χ2v) is 9.59. The van der Waals surface area contributed by atoms with Crippen LogP contribution in [0.2, 0.25) is 0 Å². The summed E-state index contributed by atoms with van der Waals surface area (Å²) in [4.78, 5) is 20.5. The second-order valence-electron chi connectivity index (χ2n) is 9.59. The molecule has 0 aliphatic carbocycles. The molecule has 0 spiro atoms. The first-order valence-corrected chi connectivity index (χ1v) is 11.7. The maximum Gasteiger partial charge on any atom is 0.273 e. The highest BCUT2D eigenvalue weighted by Crippen LogP contribution is 2.45. The quantitative estimate of drug-likeness (QED) is 0.378. The fourth-order valence-corrected chi connectivity index (χ4v) is 5.85. The average Bonchev–Trinajstić information content (AvgIpc) is 3.31. The zero-order chi connectivity index (χ0) is 24.6. The van der Waals surface area contributed by atoms with E-state index in [1.54, 1.807) is 11.7 Å². The number of piperidine rings is 1. The molecule has 0 saturated carbocycles. The van der Waals surface area contributed by atoms with E-state index in [0.29, 0.717) is 23.5 Å². The number of benzene rings is 1. The number of amides is 1. The smallest absolute Gasteiger partial charge is 0.273 e. The van der Waals surface area contributed by atoms with E-state index in [1.165, 1.54) is 0 Å². The molecule has 4 aromatic rings. The van der Waals surface area contributed by atoms with Crippen molar-refractivity contribution < 1.29 is 18.0 Å². The van der Waals surface area contributed by atoms with Gasteiger partial charge in [-0.1, -0.05) is 0 Å². The van der Waals surface area contributed by atoms with Gasteiger partial charge in [-0.25, -0.2) is 18.2 Å². The number of aromatic nitrogens is 4. The highest BCUT2D eigenvalue weighted by atomic mass is 19.2. The van der Waals surface area contributed by atoms with Crippen LogP contribution in [0.25, 0.3) is 16.9 Å². The number of hydrogen-bond donors (Lipinski definition) is 0. The molecular formula is C26H24F3N5O. The van der Waals surface area contributed by atoms with Crippen LogP contribution in [-0.4, -0.2) is 36.0 Å². The van der Waals surface area contributed by atoms with Gasteiger partial charge in [0.15, 0.2) is 17.5 Å². The van der Waals surface area contributed by atoms with Gasteiger partial charge in [-0.15, -0.1) is 0 Å². The van der Waals surface area contributed by atoms with E-state index >= 15 is 0 Å². The van der Waals surface area contributed by atoms with Crippen LogP contribution in [-0.2, 0) is 13.5 Å². The Labute approximate surface area is 200 Å². The standard InChI is InChI=1S/C26H24F3N5O/c1-13-7-8-33-21(9-13)30-14(2)24(33)26(35)34-16-5-4-6-20(34)23-17(12-16)25(32(3)31-23)15-10-18(27)22(29)19(28)11-15/h7-11,16,20H,4-6,12H2,1-3H3. The number of fused-ring (bicyclic) bond motifs is 5. The number of pyridine rings is 1. The third kappa shape index (κ3) is 3.20. The van der Waals surface area contributed by atoms with Crippen molar-refractivity contribution in [3.8, 4) is 11.3 Å². The van der Waals surface area contributed by atoms with Gasteiger partial charge in [0.1, 0.15) is 11.3 Å². The summed E-state index contributed by atoms with van der Waals surface area (Å²) in [6.45, 7) is 3.83. The maximum absolute atomic E-state index is 14.0. The summed E-state index contributed by atoms with van der Waals surface area (Å²) < 4.78 is 45.1. The Hall–Kier alpha value is -3.62. The van der Waals surface area contributed by atoms with Crippen molar-refractivity contribution in [1.29, 1.82) is 0 Å². The minimum Gasteiger partial charge on any atom is -0.325 e. The Morgan fingerprint density at radius 2 is 1.83 bits per heavy atom. The molecule has 2 atom stereocenters. The maximum atomic E-state index is 14.0. The normalized spacial score (nSPS) is 19.3. The summed E-state index contributed by atoms with van der Waals surface area (Å²) in [5, 5.41) is 4.70. The summed E-state index contributed by atoms with van der Waals surface area (Å²) >= 11 is 0. The predicted octanol–water partition coefficient (Wildman–Crippen LogP) is 5.06. The number of rotatable bonds is 2. The molecule has 3 aromatic heterocycles. The number of nitrogens with zero attached hydrogens (tertiary/aromatic N) is 5. The van der Waals surface area contributed by atoms with Crippen LogP contribution in [0.15, 0.2) is 30.5 Å². The van der Waals surface area contributed by atoms with Crippen LogP contribution in [0.5, 0.6) is 0 Å². The fraction of sp³-hybridized carbons (Fsp3) is 0.346. The molecule has 35 heavy (non-hydrogen) atoms. The van der Waals surface area contributed by atoms with Crippen molar-refractivity contribution in [3.63, 3.8) is 0 Å². The lowest BCUT2D eigenvalue weighted by Crippen LogP contribution is -2.50. The van der Waals surface area contributed by atoms with Gasteiger partial charge in [0.25, 0.3) is 5.91 Å². The first-order chi connectivity index (χ1) is 16.7. The van der Waals surface area contributed by atoms with E-state index in [-0.39, 0.29) is 23.6 Å². The van der Waals surface area contributed by atoms with Crippen LogP contribution in [0.3, 0.4) is 0 Å². The molecule has 6 rings (SSSR count). The summed E-state index contributed by atoms with van der Waals surface area (Å²) in [5.41, 5.74) is 5.40. The topological polar surface area (TPSA) is 55.4 Å². The van der Waals surface area contributed by atoms with E-state index in [0.717, 1.165) is 53.9 Å². The van der Waals surface area contributed by atoms with Crippen molar-refractivity contribution in [3.05, 3.63) is 76.1 Å².